The lowest BCUT2D eigenvalue weighted by molar-refractivity contribution is 0.291. The Morgan fingerprint density at radius 3 is 2.57 bits per heavy atom. The fourth-order valence-electron chi connectivity index (χ4n) is 2.44. The van der Waals surface area contributed by atoms with Crippen LogP contribution in [0.4, 0.5) is 0 Å². The summed E-state index contributed by atoms with van der Waals surface area (Å²) in [6.45, 7) is 10.2. The molecule has 3 heteroatoms. The number of hydrogen-bond donors (Lipinski definition) is 1. The summed E-state index contributed by atoms with van der Waals surface area (Å²) in [5.74, 6) is 0.880. The van der Waals surface area contributed by atoms with Gasteiger partial charge >= 0.3 is 0 Å². The number of rotatable bonds is 9. The molecule has 0 bridgehead atoms. The van der Waals surface area contributed by atoms with Gasteiger partial charge in [-0.2, -0.15) is 0 Å². The Morgan fingerprint density at radius 2 is 2.00 bits per heavy atom. The summed E-state index contributed by atoms with van der Waals surface area (Å²) >= 11 is 3.56. The SMILES string of the molecule is CCCCCC(C)(C)CNC(C)c1ccc(OC)c(Br)c1. The molecule has 1 aromatic carbocycles. The number of hydrogen-bond acceptors (Lipinski definition) is 2. The predicted octanol–water partition coefficient (Wildman–Crippen LogP) is 5.71. The molecule has 0 spiro atoms. The van der Waals surface area contributed by atoms with E-state index in [4.69, 9.17) is 4.74 Å². The maximum Gasteiger partial charge on any atom is 0.133 e. The molecule has 0 aliphatic carbocycles. The van der Waals surface area contributed by atoms with E-state index in [1.165, 1.54) is 31.2 Å². The quantitative estimate of drug-likeness (QED) is 0.572. The molecule has 0 aromatic heterocycles. The average Bonchev–Trinajstić information content (AvgIpc) is 2.45. The Hall–Kier alpha value is -0.540. The molecular formula is C18H30BrNO. The Morgan fingerprint density at radius 1 is 1.29 bits per heavy atom. The summed E-state index contributed by atoms with van der Waals surface area (Å²) in [6.07, 6.45) is 5.24. The van der Waals surface area contributed by atoms with E-state index < -0.39 is 0 Å². The lowest BCUT2D eigenvalue weighted by Gasteiger charge is -2.27. The zero-order valence-corrected chi connectivity index (χ0v) is 15.7. The van der Waals surface area contributed by atoms with Crippen molar-refractivity contribution >= 4 is 15.9 Å². The number of unbranched alkanes of at least 4 members (excludes halogenated alkanes) is 2. The molecule has 120 valence electrons. The maximum atomic E-state index is 5.28. The lowest BCUT2D eigenvalue weighted by atomic mass is 9.86. The molecule has 0 saturated heterocycles. The molecule has 1 rings (SSSR count). The first-order valence-electron chi connectivity index (χ1n) is 7.96. The van der Waals surface area contributed by atoms with E-state index in [0.29, 0.717) is 11.5 Å². The molecule has 0 heterocycles. The minimum absolute atomic E-state index is 0.345. The van der Waals surface area contributed by atoms with Gasteiger partial charge in [0.2, 0.25) is 0 Å². The highest BCUT2D eigenvalue weighted by molar-refractivity contribution is 9.10. The standard InChI is InChI=1S/C18H30BrNO/c1-6-7-8-11-18(3,4)13-20-14(2)15-9-10-17(21-5)16(19)12-15/h9-10,12,14,20H,6-8,11,13H2,1-5H3. The summed E-state index contributed by atoms with van der Waals surface area (Å²) in [6, 6.07) is 6.63. The third kappa shape index (κ3) is 6.39. The molecule has 0 radical (unpaired) electrons. The Balaban J connectivity index is 2.52. The van der Waals surface area contributed by atoms with Crippen LogP contribution in [0, 0.1) is 5.41 Å². The molecule has 1 aromatic rings. The molecule has 2 nitrogen and oxygen atoms in total. The van der Waals surface area contributed by atoms with Crippen molar-refractivity contribution in [3.63, 3.8) is 0 Å². The zero-order valence-electron chi connectivity index (χ0n) is 14.1. The molecule has 0 amide bonds. The number of nitrogens with one attached hydrogen (secondary N) is 1. The monoisotopic (exact) mass is 355 g/mol. The summed E-state index contributed by atoms with van der Waals surface area (Å²) in [7, 11) is 1.69. The van der Waals surface area contributed by atoms with Gasteiger partial charge in [0.05, 0.1) is 11.6 Å². The second-order valence-electron chi connectivity index (χ2n) is 6.62. The minimum atomic E-state index is 0.345. The predicted molar refractivity (Wildman–Crippen MR) is 95.0 cm³/mol. The van der Waals surface area contributed by atoms with Crippen molar-refractivity contribution in [1.29, 1.82) is 0 Å². The van der Waals surface area contributed by atoms with E-state index in [1.807, 2.05) is 6.07 Å². The first kappa shape index (κ1) is 18.5. The Bertz CT molecular complexity index is 431. The van der Waals surface area contributed by atoms with Gasteiger partial charge < -0.3 is 10.1 Å². The summed E-state index contributed by atoms with van der Waals surface area (Å²) in [5, 5.41) is 3.67. The molecule has 0 aliphatic heterocycles. The third-order valence-corrected chi connectivity index (χ3v) is 4.64. The van der Waals surface area contributed by atoms with Gasteiger partial charge in [0.15, 0.2) is 0 Å². The number of ether oxygens (including phenoxy) is 1. The van der Waals surface area contributed by atoms with Gasteiger partial charge in [-0.05, 0) is 52.4 Å². The van der Waals surface area contributed by atoms with E-state index in [-0.39, 0.29) is 0 Å². The van der Waals surface area contributed by atoms with E-state index >= 15 is 0 Å². The van der Waals surface area contributed by atoms with Crippen LogP contribution in [0.5, 0.6) is 5.75 Å². The highest BCUT2D eigenvalue weighted by Crippen LogP contribution is 2.29. The van der Waals surface area contributed by atoms with Crippen molar-refractivity contribution in [1.82, 2.24) is 5.32 Å². The fourth-order valence-corrected chi connectivity index (χ4v) is 3.00. The summed E-state index contributed by atoms with van der Waals surface area (Å²) < 4.78 is 6.29. The Kier molecular flexibility index (Phi) is 7.75. The molecule has 0 saturated carbocycles. The third-order valence-electron chi connectivity index (χ3n) is 4.02. The number of methoxy groups -OCH3 is 1. The molecule has 1 N–H and O–H groups in total. The van der Waals surface area contributed by atoms with Crippen molar-refractivity contribution in [2.75, 3.05) is 13.7 Å². The van der Waals surface area contributed by atoms with Crippen LogP contribution in [0.3, 0.4) is 0 Å². The second-order valence-corrected chi connectivity index (χ2v) is 7.47. The van der Waals surface area contributed by atoms with Gasteiger partial charge in [-0.1, -0.05) is 46.1 Å². The van der Waals surface area contributed by atoms with Crippen molar-refractivity contribution in [3.05, 3.63) is 28.2 Å². The van der Waals surface area contributed by atoms with Crippen LogP contribution in [-0.4, -0.2) is 13.7 Å². The van der Waals surface area contributed by atoms with Crippen LogP contribution in [0.2, 0.25) is 0 Å². The van der Waals surface area contributed by atoms with Gasteiger partial charge in [0, 0.05) is 12.6 Å². The fraction of sp³-hybridized carbons (Fsp3) is 0.667. The molecule has 21 heavy (non-hydrogen) atoms. The van der Waals surface area contributed by atoms with Crippen molar-refractivity contribution in [2.24, 2.45) is 5.41 Å². The smallest absolute Gasteiger partial charge is 0.133 e. The first-order valence-corrected chi connectivity index (χ1v) is 8.75. The summed E-state index contributed by atoms with van der Waals surface area (Å²) in [5.41, 5.74) is 1.64. The largest absolute Gasteiger partial charge is 0.496 e. The minimum Gasteiger partial charge on any atom is -0.496 e. The van der Waals surface area contributed by atoms with Gasteiger partial charge in [0.1, 0.15) is 5.75 Å². The van der Waals surface area contributed by atoms with Gasteiger partial charge in [-0.15, -0.1) is 0 Å². The van der Waals surface area contributed by atoms with Gasteiger partial charge in [0.25, 0.3) is 0 Å². The van der Waals surface area contributed by atoms with Crippen molar-refractivity contribution in [2.45, 2.75) is 59.4 Å². The molecule has 0 aliphatic rings. The average molecular weight is 356 g/mol. The van der Waals surface area contributed by atoms with E-state index in [1.54, 1.807) is 7.11 Å². The van der Waals surface area contributed by atoms with Crippen LogP contribution in [-0.2, 0) is 0 Å². The van der Waals surface area contributed by atoms with E-state index in [0.717, 1.165) is 16.8 Å². The van der Waals surface area contributed by atoms with Crippen LogP contribution < -0.4 is 10.1 Å². The van der Waals surface area contributed by atoms with Crippen LogP contribution in [0.1, 0.15) is 65.0 Å². The number of halogens is 1. The highest BCUT2D eigenvalue weighted by Gasteiger charge is 2.18. The van der Waals surface area contributed by atoms with E-state index in [2.05, 4.69) is 61.1 Å². The van der Waals surface area contributed by atoms with Crippen LogP contribution >= 0.6 is 15.9 Å². The normalized spacial score (nSPS) is 13.2. The molecule has 1 atom stereocenters. The van der Waals surface area contributed by atoms with Gasteiger partial charge in [-0.3, -0.25) is 0 Å². The summed E-state index contributed by atoms with van der Waals surface area (Å²) in [4.78, 5) is 0. The van der Waals surface area contributed by atoms with Gasteiger partial charge in [-0.25, -0.2) is 0 Å². The molecule has 0 fully saturated rings. The zero-order chi connectivity index (χ0) is 15.9. The van der Waals surface area contributed by atoms with E-state index in [9.17, 15) is 0 Å². The van der Waals surface area contributed by atoms with Crippen LogP contribution in [0.15, 0.2) is 22.7 Å². The molecule has 1 unspecified atom stereocenters. The maximum absolute atomic E-state index is 5.28. The lowest BCUT2D eigenvalue weighted by Crippen LogP contribution is -2.31. The Labute approximate surface area is 138 Å². The topological polar surface area (TPSA) is 21.3 Å². The number of benzene rings is 1. The second kappa shape index (κ2) is 8.79. The molecular weight excluding hydrogens is 326 g/mol. The highest BCUT2D eigenvalue weighted by atomic mass is 79.9. The van der Waals surface area contributed by atoms with Crippen LogP contribution in [0.25, 0.3) is 0 Å². The first-order chi connectivity index (χ1) is 9.89. The van der Waals surface area contributed by atoms with Crippen molar-refractivity contribution < 1.29 is 4.74 Å². The van der Waals surface area contributed by atoms with Crippen molar-refractivity contribution in [3.8, 4) is 5.75 Å².